The summed E-state index contributed by atoms with van der Waals surface area (Å²) in [5.74, 6) is 1.98. The average molecular weight is 414 g/mol. The molecule has 29 heavy (non-hydrogen) atoms. The first-order valence-corrected chi connectivity index (χ1v) is 11.3. The second-order valence-corrected chi connectivity index (χ2v) is 7.42. The molecule has 0 fully saturated rings. The van der Waals surface area contributed by atoms with Gasteiger partial charge in [0.05, 0.1) is 10.6 Å². The molecular formula is C23H31N3O2S. The molecule has 2 rings (SSSR count). The van der Waals surface area contributed by atoms with Gasteiger partial charge in [0.1, 0.15) is 5.76 Å². The van der Waals surface area contributed by atoms with Gasteiger partial charge in [0.15, 0.2) is 5.75 Å². The highest BCUT2D eigenvalue weighted by Crippen LogP contribution is 2.42. The molecule has 1 aromatic carbocycles. The number of ether oxygens (including phenoxy) is 1. The summed E-state index contributed by atoms with van der Waals surface area (Å²) in [6, 6.07) is 4.12. The first-order chi connectivity index (χ1) is 14.2. The largest absolute Gasteiger partial charge is 0.454 e. The molecule has 0 aliphatic heterocycles. The number of nitrogens with zero attached hydrogens (tertiary/aromatic N) is 3. The predicted molar refractivity (Wildman–Crippen MR) is 123 cm³/mol. The van der Waals surface area contributed by atoms with Crippen LogP contribution in [0.5, 0.6) is 5.75 Å². The maximum Gasteiger partial charge on any atom is 0.247 e. The van der Waals surface area contributed by atoms with E-state index in [2.05, 4.69) is 48.2 Å². The Morgan fingerprint density at radius 3 is 2.45 bits per heavy atom. The van der Waals surface area contributed by atoms with Gasteiger partial charge < -0.3 is 14.1 Å². The number of hydrogen-bond acceptors (Lipinski definition) is 6. The van der Waals surface area contributed by atoms with Crippen LogP contribution in [-0.4, -0.2) is 29.5 Å². The molecule has 0 spiro atoms. The lowest BCUT2D eigenvalue weighted by Gasteiger charge is -2.28. The molecule has 0 saturated carbocycles. The molecule has 156 valence electrons. The molecule has 0 N–H and O–H groups in total. The highest BCUT2D eigenvalue weighted by atomic mass is 32.2. The molecule has 1 aromatic heterocycles. The Labute approximate surface area is 178 Å². The van der Waals surface area contributed by atoms with Gasteiger partial charge in [-0.2, -0.15) is 0 Å². The zero-order valence-corrected chi connectivity index (χ0v) is 18.5. The zero-order valence-electron chi connectivity index (χ0n) is 17.7. The number of benzene rings is 1. The third kappa shape index (κ3) is 6.26. The van der Waals surface area contributed by atoms with Gasteiger partial charge in [-0.3, -0.25) is 0 Å². The monoisotopic (exact) mass is 413 g/mol. The van der Waals surface area contributed by atoms with E-state index >= 15 is 0 Å². The van der Waals surface area contributed by atoms with Crippen LogP contribution in [-0.2, 0) is 0 Å². The first-order valence-electron chi connectivity index (χ1n) is 10.0. The summed E-state index contributed by atoms with van der Waals surface area (Å²) >= 11 is 1.63. The lowest BCUT2D eigenvalue weighted by Crippen LogP contribution is -2.26. The highest BCUT2D eigenvalue weighted by Gasteiger charge is 2.20. The Morgan fingerprint density at radius 1 is 1.21 bits per heavy atom. The highest BCUT2D eigenvalue weighted by molar-refractivity contribution is 7.98. The fourth-order valence-electron chi connectivity index (χ4n) is 2.93. The Bertz CT molecular complexity index is 808. The average Bonchev–Trinajstić information content (AvgIpc) is 3.28. The second kappa shape index (κ2) is 12.2. The van der Waals surface area contributed by atoms with Crippen molar-refractivity contribution in [2.45, 2.75) is 44.4 Å². The summed E-state index contributed by atoms with van der Waals surface area (Å²) < 4.78 is 11.8. The summed E-state index contributed by atoms with van der Waals surface area (Å²) in [6.07, 6.45) is 13.1. The van der Waals surface area contributed by atoms with Crippen LogP contribution in [0, 0.1) is 0 Å². The molecule has 0 bridgehead atoms. The maximum atomic E-state index is 6.31. The van der Waals surface area contributed by atoms with Crippen molar-refractivity contribution in [3.8, 4) is 17.2 Å². The first kappa shape index (κ1) is 22.8. The zero-order chi connectivity index (χ0) is 21.1. The van der Waals surface area contributed by atoms with Crippen LogP contribution in [0.2, 0.25) is 0 Å². The molecule has 0 aliphatic rings. The summed E-state index contributed by atoms with van der Waals surface area (Å²) in [5, 5.41) is 7.93. The van der Waals surface area contributed by atoms with Crippen molar-refractivity contribution in [1.29, 1.82) is 0 Å². The summed E-state index contributed by atoms with van der Waals surface area (Å²) in [4.78, 5) is 3.40. The molecule has 1 heterocycles. The number of rotatable bonds is 13. The van der Waals surface area contributed by atoms with E-state index in [0.29, 0.717) is 11.6 Å². The van der Waals surface area contributed by atoms with E-state index in [1.165, 1.54) is 6.39 Å². The van der Waals surface area contributed by atoms with Gasteiger partial charge in [0, 0.05) is 18.7 Å². The number of allylic oxidation sites excluding steroid dienone is 3. The van der Waals surface area contributed by atoms with Gasteiger partial charge in [-0.1, -0.05) is 45.9 Å². The summed E-state index contributed by atoms with van der Waals surface area (Å²) in [5.41, 5.74) is 1.92. The van der Waals surface area contributed by atoms with Gasteiger partial charge in [0.25, 0.3) is 0 Å². The van der Waals surface area contributed by atoms with E-state index in [4.69, 9.17) is 9.15 Å². The molecular weight excluding hydrogens is 382 g/mol. The topological polar surface area (TPSA) is 51.4 Å². The van der Waals surface area contributed by atoms with E-state index in [1.807, 2.05) is 18.4 Å². The molecule has 2 aromatic rings. The second-order valence-electron chi connectivity index (χ2n) is 6.58. The summed E-state index contributed by atoms with van der Waals surface area (Å²) in [7, 11) is 0. The normalized spacial score (nSPS) is 11.3. The summed E-state index contributed by atoms with van der Waals surface area (Å²) in [6.45, 7) is 14.0. The predicted octanol–water partition coefficient (Wildman–Crippen LogP) is 6.50. The van der Waals surface area contributed by atoms with Crippen molar-refractivity contribution in [2.75, 3.05) is 24.2 Å². The molecule has 0 amide bonds. The van der Waals surface area contributed by atoms with Gasteiger partial charge in [0.2, 0.25) is 12.3 Å². The van der Waals surface area contributed by atoms with Crippen molar-refractivity contribution in [3.05, 3.63) is 55.7 Å². The van der Waals surface area contributed by atoms with E-state index in [1.54, 1.807) is 23.9 Å². The van der Waals surface area contributed by atoms with Crippen LogP contribution in [0.25, 0.3) is 11.5 Å². The van der Waals surface area contributed by atoms with Gasteiger partial charge in [-0.15, -0.1) is 22.0 Å². The van der Waals surface area contributed by atoms with Crippen molar-refractivity contribution >= 4 is 17.4 Å². The van der Waals surface area contributed by atoms with Crippen LogP contribution in [0.4, 0.5) is 5.69 Å². The molecule has 0 atom stereocenters. The quantitative estimate of drug-likeness (QED) is 0.212. The Balaban J connectivity index is 2.62. The van der Waals surface area contributed by atoms with Gasteiger partial charge in [-0.25, -0.2) is 0 Å². The number of hydrogen-bond donors (Lipinski definition) is 0. The van der Waals surface area contributed by atoms with E-state index in [-0.39, 0.29) is 0 Å². The van der Waals surface area contributed by atoms with Crippen LogP contribution in [0.15, 0.2) is 65.0 Å². The SMILES string of the molecule is C=C/C=C(\C=C)Oc1c(SC)cc(-c2nnco2)cc1N(CCCC)CCCC. The molecule has 0 aliphatic carbocycles. The number of unbranched alkanes of at least 4 members (excludes halogenated alkanes) is 2. The van der Waals surface area contributed by atoms with E-state index in [0.717, 1.165) is 60.7 Å². The number of anilines is 1. The Morgan fingerprint density at radius 2 is 1.93 bits per heavy atom. The fraction of sp³-hybridized carbons (Fsp3) is 0.391. The Kier molecular flexibility index (Phi) is 9.57. The maximum absolute atomic E-state index is 6.31. The van der Waals surface area contributed by atoms with Crippen molar-refractivity contribution in [3.63, 3.8) is 0 Å². The standard InChI is InChI=1S/C23H31N3O2S/c1-6-10-13-26(14-11-7-2)20-15-18(23-25-24-17-27-23)16-21(29-5)22(20)28-19(9-4)12-8-3/h8-9,12,15-17H,3-4,6-7,10-11,13-14H2,1-2,5H3/b19-12+. The Hall–Kier alpha value is -2.47. The molecule has 0 saturated heterocycles. The molecule has 5 nitrogen and oxygen atoms in total. The van der Waals surface area contributed by atoms with Crippen molar-refractivity contribution in [1.82, 2.24) is 10.2 Å². The molecule has 6 heteroatoms. The minimum Gasteiger partial charge on any atom is -0.454 e. The van der Waals surface area contributed by atoms with Crippen LogP contribution < -0.4 is 9.64 Å². The third-order valence-electron chi connectivity index (χ3n) is 4.47. The van der Waals surface area contributed by atoms with Gasteiger partial charge in [-0.05, 0) is 43.4 Å². The lowest BCUT2D eigenvalue weighted by molar-refractivity contribution is 0.433. The number of thioether (sulfide) groups is 1. The minimum absolute atomic E-state index is 0.504. The number of aromatic nitrogens is 2. The van der Waals surface area contributed by atoms with Crippen molar-refractivity contribution in [2.24, 2.45) is 0 Å². The van der Waals surface area contributed by atoms with Crippen molar-refractivity contribution < 1.29 is 9.15 Å². The lowest BCUT2D eigenvalue weighted by atomic mass is 10.1. The van der Waals surface area contributed by atoms with Crippen LogP contribution >= 0.6 is 11.8 Å². The van der Waals surface area contributed by atoms with E-state index < -0.39 is 0 Å². The molecule has 0 radical (unpaired) electrons. The van der Waals surface area contributed by atoms with Gasteiger partial charge >= 0.3 is 0 Å². The fourth-order valence-corrected chi connectivity index (χ4v) is 3.50. The van der Waals surface area contributed by atoms with Crippen LogP contribution in [0.1, 0.15) is 39.5 Å². The molecule has 0 unspecified atom stereocenters. The van der Waals surface area contributed by atoms with Crippen LogP contribution in [0.3, 0.4) is 0 Å². The van der Waals surface area contributed by atoms with E-state index in [9.17, 15) is 0 Å². The third-order valence-corrected chi connectivity index (χ3v) is 5.21. The minimum atomic E-state index is 0.504. The smallest absolute Gasteiger partial charge is 0.247 e.